The van der Waals surface area contributed by atoms with Crippen LogP contribution in [0.3, 0.4) is 0 Å². The summed E-state index contributed by atoms with van der Waals surface area (Å²) in [6.07, 6.45) is 4.28. The lowest BCUT2D eigenvalue weighted by atomic mass is 9.77. The van der Waals surface area contributed by atoms with Gasteiger partial charge in [0.05, 0.1) is 17.4 Å². The van der Waals surface area contributed by atoms with Crippen molar-refractivity contribution in [1.82, 2.24) is 10.0 Å². The fourth-order valence-corrected chi connectivity index (χ4v) is 6.50. The third-order valence-corrected chi connectivity index (χ3v) is 8.67. The minimum Gasteiger partial charge on any atom is -0.271 e. The molecular formula is C32H25ClF2N6O3. The number of hydrazone groups is 1. The molecule has 3 heterocycles. The van der Waals surface area contributed by atoms with Gasteiger partial charge in [-0.15, -0.1) is 0 Å². The van der Waals surface area contributed by atoms with E-state index in [4.69, 9.17) is 16.7 Å². The second-order valence-corrected chi connectivity index (χ2v) is 11.6. The molecule has 3 aromatic rings. The van der Waals surface area contributed by atoms with Crippen LogP contribution in [0, 0.1) is 17.6 Å². The van der Waals surface area contributed by atoms with Crippen LogP contribution < -0.4 is 4.90 Å². The molecule has 0 N–H and O–H groups in total. The molecule has 4 aliphatic rings. The molecule has 2 fully saturated rings. The highest BCUT2D eigenvalue weighted by atomic mass is 35.5. The summed E-state index contributed by atoms with van der Waals surface area (Å²) in [6, 6.07) is 15.8. The zero-order chi connectivity index (χ0) is 30.5. The molecule has 222 valence electrons. The Morgan fingerprint density at radius 3 is 2.30 bits per heavy atom. The molecule has 1 saturated heterocycles. The van der Waals surface area contributed by atoms with E-state index in [0.29, 0.717) is 16.3 Å². The minimum atomic E-state index is -1.07. The van der Waals surface area contributed by atoms with E-state index < -0.39 is 41.7 Å². The highest BCUT2D eigenvalue weighted by Crippen LogP contribution is 2.45. The number of fused-ring (bicyclic) bond motifs is 2. The SMILES string of the molecule is O=C1C2N=NN(CC(=O)N3N=C4/C(=C\c5ccc(F)cc5)CCCC4C3c3ccc(F)cc3)C2C(=O)N1c1ccc(Cl)cc1. The number of rotatable bonds is 5. The van der Waals surface area contributed by atoms with Crippen molar-refractivity contribution in [2.75, 3.05) is 11.4 Å². The van der Waals surface area contributed by atoms with E-state index in [9.17, 15) is 23.2 Å². The highest BCUT2D eigenvalue weighted by molar-refractivity contribution is 6.31. The summed E-state index contributed by atoms with van der Waals surface area (Å²) in [7, 11) is 0. The molecule has 3 amide bonds. The van der Waals surface area contributed by atoms with Gasteiger partial charge in [-0.05, 0) is 90.6 Å². The van der Waals surface area contributed by atoms with E-state index in [2.05, 4.69) is 10.3 Å². The first kappa shape index (κ1) is 28.0. The summed E-state index contributed by atoms with van der Waals surface area (Å²) < 4.78 is 27.4. The molecule has 4 atom stereocenters. The molecule has 0 radical (unpaired) electrons. The number of anilines is 1. The Labute approximate surface area is 256 Å². The molecule has 0 spiro atoms. The number of hydrogen-bond donors (Lipinski definition) is 0. The molecule has 7 rings (SSSR count). The first-order chi connectivity index (χ1) is 21.3. The molecule has 1 aliphatic carbocycles. The highest BCUT2D eigenvalue weighted by Gasteiger charge is 2.55. The van der Waals surface area contributed by atoms with Crippen LogP contribution in [0.2, 0.25) is 5.02 Å². The number of amides is 3. The molecule has 12 heteroatoms. The van der Waals surface area contributed by atoms with E-state index in [-0.39, 0.29) is 18.3 Å². The number of carbonyl (C=O) groups excluding carboxylic acids is 3. The van der Waals surface area contributed by atoms with E-state index >= 15 is 0 Å². The Balaban J connectivity index is 1.18. The van der Waals surface area contributed by atoms with Crippen molar-refractivity contribution >= 4 is 46.8 Å². The summed E-state index contributed by atoms with van der Waals surface area (Å²) in [6.45, 7) is -0.351. The van der Waals surface area contributed by atoms with Gasteiger partial charge < -0.3 is 0 Å². The second kappa shape index (κ2) is 11.1. The van der Waals surface area contributed by atoms with E-state index in [1.807, 2.05) is 6.08 Å². The number of halogens is 3. The lowest BCUT2D eigenvalue weighted by Gasteiger charge is -2.30. The Kier molecular flexibility index (Phi) is 7.04. The lowest BCUT2D eigenvalue weighted by molar-refractivity contribution is -0.136. The summed E-state index contributed by atoms with van der Waals surface area (Å²) in [5.74, 6) is -2.42. The maximum Gasteiger partial charge on any atom is 0.264 e. The second-order valence-electron chi connectivity index (χ2n) is 11.1. The average Bonchev–Trinajstić information content (AvgIpc) is 3.69. The number of imide groups is 1. The number of nitrogens with zero attached hydrogens (tertiary/aromatic N) is 6. The Bertz CT molecular complexity index is 1740. The van der Waals surface area contributed by atoms with Crippen molar-refractivity contribution in [3.05, 3.63) is 106 Å². The predicted octanol–water partition coefficient (Wildman–Crippen LogP) is 5.73. The van der Waals surface area contributed by atoms with Crippen LogP contribution >= 0.6 is 11.6 Å². The Morgan fingerprint density at radius 1 is 0.909 bits per heavy atom. The summed E-state index contributed by atoms with van der Waals surface area (Å²) >= 11 is 5.98. The van der Waals surface area contributed by atoms with Crippen LogP contribution in [0.15, 0.2) is 93.8 Å². The quantitative estimate of drug-likeness (QED) is 0.343. The van der Waals surface area contributed by atoms with Crippen LogP contribution in [0.1, 0.15) is 36.4 Å². The van der Waals surface area contributed by atoms with Gasteiger partial charge in [0.2, 0.25) is 0 Å². The summed E-state index contributed by atoms with van der Waals surface area (Å²) in [5.41, 5.74) is 3.56. The topological polar surface area (TPSA) is 98.0 Å². The summed E-state index contributed by atoms with van der Waals surface area (Å²) in [4.78, 5) is 41.6. The van der Waals surface area contributed by atoms with Gasteiger partial charge >= 0.3 is 0 Å². The van der Waals surface area contributed by atoms with Gasteiger partial charge in [0.25, 0.3) is 17.7 Å². The lowest BCUT2D eigenvalue weighted by Crippen LogP contribution is -2.45. The Morgan fingerprint density at radius 2 is 1.59 bits per heavy atom. The zero-order valence-corrected chi connectivity index (χ0v) is 23.9. The van der Waals surface area contributed by atoms with Crippen LogP contribution in [0.4, 0.5) is 14.5 Å². The number of carbonyl (C=O) groups is 3. The fourth-order valence-electron chi connectivity index (χ4n) is 6.37. The van der Waals surface area contributed by atoms with E-state index in [1.165, 1.54) is 34.3 Å². The third kappa shape index (κ3) is 4.86. The zero-order valence-electron chi connectivity index (χ0n) is 23.2. The molecule has 0 bridgehead atoms. The standard InChI is InChI=1S/C32H25ClF2N6O3/c33-21-8-14-24(15-9-21)40-31(43)28-30(32(40)44)39(38-36-28)17-26(42)41-29(19-6-12-23(35)13-7-19)25-3-1-2-20(27(25)37-41)16-18-4-10-22(34)11-5-18/h4-16,25,28-30H,1-3,17H2/b20-16-. The van der Waals surface area contributed by atoms with Gasteiger partial charge in [-0.2, -0.15) is 10.2 Å². The van der Waals surface area contributed by atoms with Crippen LogP contribution in [-0.2, 0) is 14.4 Å². The van der Waals surface area contributed by atoms with E-state index in [1.54, 1.807) is 48.5 Å². The molecule has 3 aromatic carbocycles. The smallest absolute Gasteiger partial charge is 0.264 e. The van der Waals surface area contributed by atoms with Gasteiger partial charge in [0.1, 0.15) is 18.2 Å². The normalized spacial score (nSPS) is 25.1. The molecule has 44 heavy (non-hydrogen) atoms. The van der Waals surface area contributed by atoms with Gasteiger partial charge in [-0.3, -0.25) is 19.4 Å². The number of benzene rings is 3. The first-order valence-corrected chi connectivity index (χ1v) is 14.6. The molecule has 0 aromatic heterocycles. The van der Waals surface area contributed by atoms with Gasteiger partial charge in [-0.25, -0.2) is 18.7 Å². The van der Waals surface area contributed by atoms with Crippen molar-refractivity contribution in [2.24, 2.45) is 21.4 Å². The van der Waals surface area contributed by atoms with Crippen molar-refractivity contribution in [2.45, 2.75) is 37.4 Å². The number of hydrogen-bond acceptors (Lipinski definition) is 7. The maximum atomic E-state index is 14.0. The predicted molar refractivity (Wildman–Crippen MR) is 158 cm³/mol. The molecule has 9 nitrogen and oxygen atoms in total. The van der Waals surface area contributed by atoms with Crippen molar-refractivity contribution in [3.8, 4) is 0 Å². The van der Waals surface area contributed by atoms with Crippen LogP contribution in [0.5, 0.6) is 0 Å². The van der Waals surface area contributed by atoms with Crippen LogP contribution in [-0.4, -0.2) is 52.1 Å². The van der Waals surface area contributed by atoms with Crippen LogP contribution in [0.25, 0.3) is 6.08 Å². The van der Waals surface area contributed by atoms with Gasteiger partial charge in [0.15, 0.2) is 12.1 Å². The van der Waals surface area contributed by atoms with Gasteiger partial charge in [0, 0.05) is 10.9 Å². The van der Waals surface area contributed by atoms with Gasteiger partial charge in [-0.1, -0.05) is 41.1 Å². The molecule has 3 aliphatic heterocycles. The molecular weight excluding hydrogens is 590 g/mol. The fraction of sp³-hybridized carbons (Fsp3) is 0.250. The largest absolute Gasteiger partial charge is 0.271 e. The average molecular weight is 615 g/mol. The summed E-state index contributed by atoms with van der Waals surface area (Å²) in [5, 5.41) is 16.0. The first-order valence-electron chi connectivity index (χ1n) is 14.2. The third-order valence-electron chi connectivity index (χ3n) is 8.42. The minimum absolute atomic E-state index is 0.159. The number of allylic oxidation sites excluding steroid dienone is 1. The molecule has 1 saturated carbocycles. The van der Waals surface area contributed by atoms with Crippen molar-refractivity contribution in [1.29, 1.82) is 0 Å². The van der Waals surface area contributed by atoms with E-state index in [0.717, 1.165) is 41.0 Å². The monoisotopic (exact) mass is 614 g/mol. The van der Waals surface area contributed by atoms with Crippen molar-refractivity contribution < 1.29 is 23.2 Å². The maximum absolute atomic E-state index is 14.0. The Hall–Kier alpha value is -4.77. The molecule has 4 unspecified atom stereocenters. The van der Waals surface area contributed by atoms with Crippen molar-refractivity contribution in [3.63, 3.8) is 0 Å².